The van der Waals surface area contributed by atoms with Crippen molar-refractivity contribution in [1.29, 1.82) is 0 Å². The molecular formula is C10H14N2O2. The van der Waals surface area contributed by atoms with E-state index in [9.17, 15) is 5.11 Å². The third-order valence-corrected chi connectivity index (χ3v) is 2.37. The fourth-order valence-electron chi connectivity index (χ4n) is 1.61. The minimum absolute atomic E-state index is 0.251. The van der Waals surface area contributed by atoms with Crippen molar-refractivity contribution < 1.29 is 9.84 Å². The Labute approximate surface area is 82.9 Å². The Bertz CT molecular complexity index is 322. The van der Waals surface area contributed by atoms with Crippen molar-refractivity contribution in [3.05, 3.63) is 18.2 Å². The van der Waals surface area contributed by atoms with Crippen LogP contribution in [0.25, 0.3) is 0 Å². The molecule has 0 radical (unpaired) electrons. The maximum absolute atomic E-state index is 9.35. The lowest BCUT2D eigenvalue weighted by molar-refractivity contribution is 0.122. The topological polar surface area (TPSA) is 58.7 Å². The summed E-state index contributed by atoms with van der Waals surface area (Å²) in [7, 11) is 0. The summed E-state index contributed by atoms with van der Waals surface area (Å²) in [6.07, 6.45) is 0. The zero-order chi connectivity index (χ0) is 9.97. The normalized spacial score (nSPS) is 17.0. The molecule has 0 saturated carbocycles. The van der Waals surface area contributed by atoms with Crippen molar-refractivity contribution in [2.45, 2.75) is 0 Å². The van der Waals surface area contributed by atoms with E-state index in [1.54, 1.807) is 18.2 Å². The largest absolute Gasteiger partial charge is 0.508 e. The molecule has 1 aliphatic rings. The first-order valence-electron chi connectivity index (χ1n) is 4.68. The number of aromatic hydroxyl groups is 1. The number of anilines is 2. The monoisotopic (exact) mass is 194 g/mol. The van der Waals surface area contributed by atoms with Gasteiger partial charge in [-0.3, -0.25) is 0 Å². The summed E-state index contributed by atoms with van der Waals surface area (Å²) >= 11 is 0. The van der Waals surface area contributed by atoms with E-state index in [0.29, 0.717) is 5.69 Å². The molecule has 76 valence electrons. The highest BCUT2D eigenvalue weighted by atomic mass is 16.5. The van der Waals surface area contributed by atoms with Crippen molar-refractivity contribution >= 4 is 11.4 Å². The first-order chi connectivity index (χ1) is 6.77. The van der Waals surface area contributed by atoms with Crippen LogP contribution in [0.1, 0.15) is 0 Å². The zero-order valence-electron chi connectivity index (χ0n) is 7.94. The Kier molecular flexibility index (Phi) is 2.45. The molecule has 1 fully saturated rings. The maximum Gasteiger partial charge on any atom is 0.117 e. The highest BCUT2D eigenvalue weighted by Crippen LogP contribution is 2.27. The average molecular weight is 194 g/mol. The Balaban J connectivity index is 2.24. The van der Waals surface area contributed by atoms with Crippen molar-refractivity contribution in [3.63, 3.8) is 0 Å². The first kappa shape index (κ1) is 9.15. The molecule has 0 aromatic heterocycles. The van der Waals surface area contributed by atoms with Crippen LogP contribution in [0.4, 0.5) is 11.4 Å². The number of hydrogen-bond acceptors (Lipinski definition) is 4. The Hall–Kier alpha value is -1.42. The smallest absolute Gasteiger partial charge is 0.117 e. The van der Waals surface area contributed by atoms with Gasteiger partial charge in [0.25, 0.3) is 0 Å². The van der Waals surface area contributed by atoms with E-state index in [4.69, 9.17) is 10.5 Å². The molecule has 1 aliphatic heterocycles. The van der Waals surface area contributed by atoms with Gasteiger partial charge in [0.2, 0.25) is 0 Å². The number of phenols is 1. The van der Waals surface area contributed by atoms with Crippen LogP contribution < -0.4 is 10.6 Å². The number of morpholine rings is 1. The molecule has 0 amide bonds. The number of nitrogens with zero attached hydrogens (tertiary/aromatic N) is 1. The van der Waals surface area contributed by atoms with Gasteiger partial charge in [0.1, 0.15) is 5.75 Å². The lowest BCUT2D eigenvalue weighted by Gasteiger charge is -2.29. The van der Waals surface area contributed by atoms with Gasteiger partial charge in [0.05, 0.1) is 24.6 Å². The van der Waals surface area contributed by atoms with E-state index >= 15 is 0 Å². The number of phenolic OH excluding ortho intramolecular Hbond substituents is 1. The summed E-state index contributed by atoms with van der Waals surface area (Å²) in [6.45, 7) is 3.09. The summed E-state index contributed by atoms with van der Waals surface area (Å²) in [5.41, 5.74) is 7.42. The van der Waals surface area contributed by atoms with Gasteiger partial charge in [-0.05, 0) is 12.1 Å². The van der Waals surface area contributed by atoms with Crippen LogP contribution in [-0.4, -0.2) is 31.4 Å². The van der Waals surface area contributed by atoms with Crippen LogP contribution in [0.2, 0.25) is 0 Å². The average Bonchev–Trinajstić information content (AvgIpc) is 2.23. The molecule has 2 rings (SSSR count). The first-order valence-corrected chi connectivity index (χ1v) is 4.68. The molecule has 14 heavy (non-hydrogen) atoms. The molecule has 0 spiro atoms. The third-order valence-electron chi connectivity index (χ3n) is 2.37. The number of ether oxygens (including phenoxy) is 1. The minimum Gasteiger partial charge on any atom is -0.508 e. The second-order valence-electron chi connectivity index (χ2n) is 3.34. The van der Waals surface area contributed by atoms with Crippen molar-refractivity contribution in [1.82, 2.24) is 0 Å². The molecule has 1 heterocycles. The summed E-state index contributed by atoms with van der Waals surface area (Å²) in [5.74, 6) is 0.251. The molecule has 0 bridgehead atoms. The standard InChI is InChI=1S/C10H14N2O2/c11-9-2-1-8(13)7-10(9)12-3-5-14-6-4-12/h1-2,7,13H,3-6,11H2. The fraction of sp³-hybridized carbons (Fsp3) is 0.400. The predicted molar refractivity (Wildman–Crippen MR) is 55.6 cm³/mol. The second-order valence-corrected chi connectivity index (χ2v) is 3.34. The number of nitrogens with two attached hydrogens (primary N) is 1. The van der Waals surface area contributed by atoms with Crippen LogP contribution in [0, 0.1) is 0 Å². The van der Waals surface area contributed by atoms with E-state index in [0.717, 1.165) is 32.0 Å². The Morgan fingerprint density at radius 2 is 2.00 bits per heavy atom. The maximum atomic E-state index is 9.35. The third kappa shape index (κ3) is 1.75. The van der Waals surface area contributed by atoms with Gasteiger partial charge < -0.3 is 20.5 Å². The van der Waals surface area contributed by atoms with Crippen LogP contribution in [0.5, 0.6) is 5.75 Å². The second kappa shape index (κ2) is 3.75. The highest BCUT2D eigenvalue weighted by molar-refractivity contribution is 5.69. The van der Waals surface area contributed by atoms with Gasteiger partial charge in [-0.15, -0.1) is 0 Å². The Morgan fingerprint density at radius 3 is 2.71 bits per heavy atom. The number of benzene rings is 1. The van der Waals surface area contributed by atoms with Gasteiger partial charge >= 0.3 is 0 Å². The molecule has 4 heteroatoms. The molecule has 1 saturated heterocycles. The van der Waals surface area contributed by atoms with Crippen LogP contribution in [0.15, 0.2) is 18.2 Å². The van der Waals surface area contributed by atoms with Gasteiger partial charge in [-0.1, -0.05) is 0 Å². The summed E-state index contributed by atoms with van der Waals surface area (Å²) in [4.78, 5) is 2.12. The molecule has 1 aromatic carbocycles. The highest BCUT2D eigenvalue weighted by Gasteiger charge is 2.13. The van der Waals surface area contributed by atoms with Gasteiger partial charge in [-0.25, -0.2) is 0 Å². The van der Waals surface area contributed by atoms with E-state index in [2.05, 4.69) is 4.90 Å². The number of hydrogen-bond donors (Lipinski definition) is 2. The molecule has 0 unspecified atom stereocenters. The van der Waals surface area contributed by atoms with Crippen molar-refractivity contribution in [2.75, 3.05) is 36.9 Å². The molecule has 0 atom stereocenters. The van der Waals surface area contributed by atoms with E-state index in [1.807, 2.05) is 0 Å². The van der Waals surface area contributed by atoms with E-state index < -0.39 is 0 Å². The summed E-state index contributed by atoms with van der Waals surface area (Å²) in [6, 6.07) is 5.01. The minimum atomic E-state index is 0.251. The molecule has 0 aliphatic carbocycles. The lowest BCUT2D eigenvalue weighted by Crippen LogP contribution is -2.36. The molecule has 3 N–H and O–H groups in total. The van der Waals surface area contributed by atoms with Crippen LogP contribution >= 0.6 is 0 Å². The zero-order valence-corrected chi connectivity index (χ0v) is 7.94. The number of nitrogen functional groups attached to an aromatic ring is 1. The van der Waals surface area contributed by atoms with Crippen LogP contribution in [-0.2, 0) is 4.74 Å². The number of rotatable bonds is 1. The molecule has 1 aromatic rings. The summed E-state index contributed by atoms with van der Waals surface area (Å²) < 4.78 is 5.25. The van der Waals surface area contributed by atoms with Gasteiger partial charge in [-0.2, -0.15) is 0 Å². The molecular weight excluding hydrogens is 180 g/mol. The van der Waals surface area contributed by atoms with Crippen LogP contribution in [0.3, 0.4) is 0 Å². The molecule has 4 nitrogen and oxygen atoms in total. The Morgan fingerprint density at radius 1 is 1.29 bits per heavy atom. The van der Waals surface area contributed by atoms with Gasteiger partial charge in [0, 0.05) is 19.2 Å². The predicted octanol–water partition coefficient (Wildman–Crippen LogP) is 0.811. The van der Waals surface area contributed by atoms with Crippen molar-refractivity contribution in [2.24, 2.45) is 0 Å². The summed E-state index contributed by atoms with van der Waals surface area (Å²) in [5, 5.41) is 9.35. The SMILES string of the molecule is Nc1ccc(O)cc1N1CCOCC1. The lowest BCUT2D eigenvalue weighted by atomic mass is 10.2. The quantitative estimate of drug-likeness (QED) is 0.513. The van der Waals surface area contributed by atoms with E-state index in [1.165, 1.54) is 0 Å². The fourth-order valence-corrected chi connectivity index (χ4v) is 1.61. The van der Waals surface area contributed by atoms with E-state index in [-0.39, 0.29) is 5.75 Å². The van der Waals surface area contributed by atoms with Crippen molar-refractivity contribution in [3.8, 4) is 5.75 Å². The van der Waals surface area contributed by atoms with Gasteiger partial charge in [0.15, 0.2) is 0 Å².